The second-order valence-electron chi connectivity index (χ2n) is 4.84. The number of aliphatic carboxylic acids is 1. The lowest BCUT2D eigenvalue weighted by molar-refractivity contribution is -0.142. The highest BCUT2D eigenvalue weighted by atomic mass is 16.4. The molecule has 3 N–H and O–H groups in total. The third kappa shape index (κ3) is 2.22. The Morgan fingerprint density at radius 1 is 1.33 bits per heavy atom. The molecule has 1 aliphatic rings. The summed E-state index contributed by atoms with van der Waals surface area (Å²) < 4.78 is 0. The minimum absolute atomic E-state index is 0.0896. The quantitative estimate of drug-likeness (QED) is 0.756. The molecule has 1 atom stereocenters. The van der Waals surface area contributed by atoms with E-state index in [0.717, 1.165) is 5.69 Å². The Hall–Kier alpha value is -2.83. The van der Waals surface area contributed by atoms with Gasteiger partial charge >= 0.3 is 5.97 Å². The van der Waals surface area contributed by atoms with E-state index in [1.165, 1.54) is 23.4 Å². The van der Waals surface area contributed by atoms with Crippen LogP contribution < -0.4 is 0 Å². The maximum absolute atomic E-state index is 12.5. The van der Waals surface area contributed by atoms with Crippen LogP contribution in [0.4, 0.5) is 0 Å². The molecule has 0 fully saturated rings. The zero-order valence-corrected chi connectivity index (χ0v) is 11.0. The van der Waals surface area contributed by atoms with E-state index in [1.54, 1.807) is 12.1 Å². The van der Waals surface area contributed by atoms with Crippen molar-refractivity contribution in [2.45, 2.75) is 19.0 Å². The first-order valence-corrected chi connectivity index (χ1v) is 6.41. The van der Waals surface area contributed by atoms with E-state index in [2.05, 4.69) is 9.97 Å². The number of nitrogens with zero attached hydrogens (tertiary/aromatic N) is 2. The van der Waals surface area contributed by atoms with Crippen molar-refractivity contribution < 1.29 is 19.8 Å². The summed E-state index contributed by atoms with van der Waals surface area (Å²) in [5, 5.41) is 19.1. The molecule has 2 heterocycles. The van der Waals surface area contributed by atoms with Gasteiger partial charge in [-0.2, -0.15) is 0 Å². The summed E-state index contributed by atoms with van der Waals surface area (Å²) in [4.78, 5) is 32.2. The number of nitrogens with one attached hydrogen (secondary N) is 1. The number of hydrogen-bond acceptors (Lipinski definition) is 4. The standard InChI is InChI=1S/C14H13N3O4/c18-12-4-2-1-3-8(12)13(19)17-6-10-9(15-7-16-10)5-11(17)14(20)21/h1-4,7,11,18H,5-6H2,(H,15,16)(H,20,21). The lowest BCUT2D eigenvalue weighted by Gasteiger charge is -2.32. The fraction of sp³-hybridized carbons (Fsp3) is 0.214. The van der Waals surface area contributed by atoms with Crippen molar-refractivity contribution in [1.82, 2.24) is 14.9 Å². The number of carboxylic acids is 1. The molecular weight excluding hydrogens is 274 g/mol. The first-order valence-electron chi connectivity index (χ1n) is 6.41. The number of aromatic hydroxyl groups is 1. The van der Waals surface area contributed by atoms with Crippen LogP contribution in [-0.2, 0) is 17.8 Å². The van der Waals surface area contributed by atoms with E-state index in [4.69, 9.17) is 0 Å². The number of phenolic OH excluding ortho intramolecular Hbond substituents is 1. The van der Waals surface area contributed by atoms with Gasteiger partial charge in [0.1, 0.15) is 11.8 Å². The van der Waals surface area contributed by atoms with E-state index in [-0.39, 0.29) is 24.3 Å². The zero-order chi connectivity index (χ0) is 15.0. The Balaban J connectivity index is 1.98. The van der Waals surface area contributed by atoms with Crippen LogP contribution in [0.15, 0.2) is 30.6 Å². The van der Waals surface area contributed by atoms with Crippen molar-refractivity contribution in [2.24, 2.45) is 0 Å². The molecule has 21 heavy (non-hydrogen) atoms. The highest BCUT2D eigenvalue weighted by molar-refractivity contribution is 5.99. The Labute approximate surface area is 119 Å². The predicted octanol–water partition coefficient (Wildman–Crippen LogP) is 0.767. The maximum Gasteiger partial charge on any atom is 0.326 e. The SMILES string of the molecule is O=C(O)C1Cc2nc[nH]c2CN1C(=O)c1ccccc1O. The van der Waals surface area contributed by atoms with Gasteiger partial charge in [-0.1, -0.05) is 12.1 Å². The molecule has 1 amide bonds. The Bertz CT molecular complexity index is 710. The molecule has 0 bridgehead atoms. The monoisotopic (exact) mass is 287 g/mol. The summed E-state index contributed by atoms with van der Waals surface area (Å²) in [5.41, 5.74) is 1.46. The number of carbonyl (C=O) groups excluding carboxylic acids is 1. The number of imidazole rings is 1. The van der Waals surface area contributed by atoms with Gasteiger partial charge < -0.3 is 20.1 Å². The lowest BCUT2D eigenvalue weighted by atomic mass is 10.0. The summed E-state index contributed by atoms with van der Waals surface area (Å²) in [5.74, 6) is -1.77. The fourth-order valence-electron chi connectivity index (χ4n) is 2.48. The van der Waals surface area contributed by atoms with Gasteiger partial charge in [-0.25, -0.2) is 9.78 Å². The third-order valence-electron chi connectivity index (χ3n) is 3.58. The summed E-state index contributed by atoms with van der Waals surface area (Å²) in [7, 11) is 0. The molecular formula is C14H13N3O4. The molecule has 1 aliphatic heterocycles. The van der Waals surface area contributed by atoms with Crippen LogP contribution in [0.5, 0.6) is 5.75 Å². The number of rotatable bonds is 2. The lowest BCUT2D eigenvalue weighted by Crippen LogP contribution is -2.48. The van der Waals surface area contributed by atoms with E-state index in [9.17, 15) is 19.8 Å². The second kappa shape index (κ2) is 4.93. The van der Waals surface area contributed by atoms with Crippen molar-refractivity contribution >= 4 is 11.9 Å². The van der Waals surface area contributed by atoms with Crippen molar-refractivity contribution in [3.63, 3.8) is 0 Å². The summed E-state index contributed by atoms with van der Waals surface area (Å²) in [6, 6.07) is 5.10. The van der Waals surface area contributed by atoms with E-state index < -0.39 is 17.9 Å². The number of carboxylic acid groups (broad SMARTS) is 1. The number of amides is 1. The molecule has 0 saturated heterocycles. The van der Waals surface area contributed by atoms with Gasteiger partial charge in [-0.3, -0.25) is 4.79 Å². The molecule has 0 aliphatic carbocycles. The van der Waals surface area contributed by atoms with Gasteiger partial charge in [-0.05, 0) is 12.1 Å². The second-order valence-corrected chi connectivity index (χ2v) is 4.84. The zero-order valence-electron chi connectivity index (χ0n) is 11.0. The Kier molecular flexibility index (Phi) is 3.09. The van der Waals surface area contributed by atoms with E-state index >= 15 is 0 Å². The molecule has 1 unspecified atom stereocenters. The number of benzene rings is 1. The van der Waals surface area contributed by atoms with Crippen molar-refractivity contribution in [3.05, 3.63) is 47.5 Å². The molecule has 3 rings (SSSR count). The minimum atomic E-state index is -1.09. The predicted molar refractivity (Wildman–Crippen MR) is 71.7 cm³/mol. The van der Waals surface area contributed by atoms with Gasteiger partial charge in [0.05, 0.1) is 29.8 Å². The third-order valence-corrected chi connectivity index (χ3v) is 3.58. The molecule has 0 spiro atoms. The highest BCUT2D eigenvalue weighted by Gasteiger charge is 2.36. The maximum atomic E-state index is 12.5. The number of fused-ring (bicyclic) bond motifs is 1. The minimum Gasteiger partial charge on any atom is -0.507 e. The number of hydrogen-bond donors (Lipinski definition) is 3. The topological polar surface area (TPSA) is 107 Å². The van der Waals surface area contributed by atoms with Gasteiger partial charge in [-0.15, -0.1) is 0 Å². The van der Waals surface area contributed by atoms with Crippen molar-refractivity contribution in [3.8, 4) is 5.75 Å². The Morgan fingerprint density at radius 2 is 2.10 bits per heavy atom. The average Bonchev–Trinajstić information content (AvgIpc) is 2.93. The van der Waals surface area contributed by atoms with Crippen LogP contribution >= 0.6 is 0 Å². The number of para-hydroxylation sites is 1. The molecule has 0 radical (unpaired) electrons. The summed E-state index contributed by atoms with van der Waals surface area (Å²) in [6.07, 6.45) is 1.63. The number of aromatic nitrogens is 2. The van der Waals surface area contributed by atoms with Gasteiger partial charge in [0.15, 0.2) is 0 Å². The van der Waals surface area contributed by atoms with Crippen LogP contribution in [0.3, 0.4) is 0 Å². The van der Waals surface area contributed by atoms with Gasteiger partial charge in [0.25, 0.3) is 5.91 Å². The van der Waals surface area contributed by atoms with Gasteiger partial charge in [0, 0.05) is 6.42 Å². The largest absolute Gasteiger partial charge is 0.507 e. The molecule has 0 saturated carbocycles. The number of carbonyl (C=O) groups is 2. The van der Waals surface area contributed by atoms with Crippen LogP contribution in [0.2, 0.25) is 0 Å². The average molecular weight is 287 g/mol. The fourth-order valence-corrected chi connectivity index (χ4v) is 2.48. The summed E-state index contributed by atoms with van der Waals surface area (Å²) >= 11 is 0. The summed E-state index contributed by atoms with van der Waals surface area (Å²) in [6.45, 7) is 0.124. The van der Waals surface area contributed by atoms with E-state index in [0.29, 0.717) is 5.69 Å². The van der Waals surface area contributed by atoms with Crippen molar-refractivity contribution in [1.29, 1.82) is 0 Å². The first kappa shape index (κ1) is 13.2. The van der Waals surface area contributed by atoms with Gasteiger partial charge in [0.2, 0.25) is 0 Å². The number of aromatic amines is 1. The van der Waals surface area contributed by atoms with Crippen molar-refractivity contribution in [2.75, 3.05) is 0 Å². The smallest absolute Gasteiger partial charge is 0.326 e. The number of H-pyrrole nitrogens is 1. The van der Waals surface area contributed by atoms with E-state index in [1.807, 2.05) is 0 Å². The number of phenols is 1. The van der Waals surface area contributed by atoms with Crippen LogP contribution in [0, 0.1) is 0 Å². The molecule has 2 aromatic rings. The highest BCUT2D eigenvalue weighted by Crippen LogP contribution is 2.25. The van der Waals surface area contributed by atoms with Crippen LogP contribution in [0.1, 0.15) is 21.7 Å². The molecule has 108 valence electrons. The normalized spacial score (nSPS) is 17.3. The molecule has 1 aromatic carbocycles. The first-order chi connectivity index (χ1) is 10.1. The molecule has 7 heteroatoms. The van der Waals surface area contributed by atoms with Crippen LogP contribution in [0.25, 0.3) is 0 Å². The Morgan fingerprint density at radius 3 is 2.81 bits per heavy atom. The molecule has 1 aromatic heterocycles. The van der Waals surface area contributed by atoms with Crippen LogP contribution in [-0.4, -0.2) is 43.0 Å². The molecule has 7 nitrogen and oxygen atoms in total.